The van der Waals surface area contributed by atoms with Gasteiger partial charge in [-0.3, -0.25) is 9.97 Å². The topological polar surface area (TPSA) is 248 Å². The van der Waals surface area contributed by atoms with Gasteiger partial charge in [0.05, 0.1) is 53.1 Å². The summed E-state index contributed by atoms with van der Waals surface area (Å²) in [4.78, 5) is 48.3. The highest BCUT2D eigenvalue weighted by atomic mass is 32.1. The molecular formula is C82H152N18OS2. The lowest BCUT2D eigenvalue weighted by Crippen LogP contribution is -1.85. The molecular weight excluding hydrogens is 1320 g/mol. The van der Waals surface area contributed by atoms with E-state index < -0.39 is 0 Å². The Labute approximate surface area is 640 Å². The summed E-state index contributed by atoms with van der Waals surface area (Å²) in [6.45, 7) is 67.2. The van der Waals surface area contributed by atoms with Crippen LogP contribution in [0.2, 0.25) is 0 Å². The number of nitrogens with one attached hydrogen (secondary N) is 1. The largest absolute Gasteiger partial charge is 0.469 e. The Morgan fingerprint density at radius 1 is 0.350 bits per heavy atom. The third-order valence-electron chi connectivity index (χ3n) is 10.5. The lowest BCUT2D eigenvalue weighted by atomic mass is 10.3. The van der Waals surface area contributed by atoms with Gasteiger partial charge in [0, 0.05) is 65.2 Å². The molecule has 0 saturated carbocycles. The fraction of sp³-hybridized carbons (Fsp3) is 0.573. The Morgan fingerprint density at radius 3 is 1.26 bits per heavy atom. The predicted molar refractivity (Wildman–Crippen MR) is 451 cm³/mol. The van der Waals surface area contributed by atoms with Gasteiger partial charge in [-0.15, -0.1) is 38.0 Å². The molecule has 0 aliphatic heterocycles. The minimum Gasteiger partial charge on any atom is -0.469 e. The number of H-pyrrole nitrogens is 1. The zero-order valence-corrected chi connectivity index (χ0v) is 72.6. The van der Waals surface area contributed by atoms with Gasteiger partial charge >= 0.3 is 0 Å². The Morgan fingerprint density at radius 2 is 0.874 bits per heavy atom. The Kier molecular flexibility index (Phi) is 121. The average molecular weight is 1470 g/mol. The standard InChI is InChI=1S/C7H9N.C7H8O.C7H8S.C6H7NS.2C5H6N2.4C4H5N3.14C2H6.CH4/c3*1-2-6-4-5-8-7(6)3-1;1-2-5-6(3-1)8-4-7-5;1-5-2-6-4-7-3-5;1-5-4-6-2-3-7-5;1-4-6-2-5-3-7-4;1-4-2-6-7-3-5-4;1-4-2-5-3-6-7-4;1-4-5-2-3-6-7-4;14*1-2;/h4-5,8H,1-3H2;2*4-5H,1-3H2;4H,1-3H2;2*2-4H,1H3;4*2-3H,1H3;14*1-2H3;1H4. The van der Waals surface area contributed by atoms with E-state index in [-0.39, 0.29) is 7.43 Å². The summed E-state index contributed by atoms with van der Waals surface area (Å²) in [6, 6.07) is 6.51. The van der Waals surface area contributed by atoms with Crippen LogP contribution >= 0.6 is 22.7 Å². The molecule has 10 heterocycles. The number of thiophene rings is 1. The molecule has 21 heteroatoms. The predicted octanol–water partition coefficient (Wildman–Crippen LogP) is 24.4. The van der Waals surface area contributed by atoms with Crippen molar-refractivity contribution < 1.29 is 4.42 Å². The van der Waals surface area contributed by atoms with Crippen LogP contribution in [0.25, 0.3) is 0 Å². The van der Waals surface area contributed by atoms with Gasteiger partial charge in [-0.1, -0.05) is 201 Å². The molecule has 14 rings (SSSR count). The SMILES string of the molecule is C.CC.CC.CC.CC.CC.CC.CC.CC.CC.CC.CC.CC.CC.CC.Cc1cnccn1.Cc1cncnc1.Cc1cncnn1.Cc1cnncn1.Cc1nccnn1.Cc1ncncn1.c1cc2c([nH]1)CCC2.c1cc2c(o1)CCC2.c1cc2c(s1)CCC2.c1nc2c(s1)CCC2. The van der Waals surface area contributed by atoms with Crippen molar-refractivity contribution >= 4 is 22.7 Å². The maximum Gasteiger partial charge on any atom is 0.147 e. The second-order valence-corrected chi connectivity index (χ2v) is 18.4. The number of furan rings is 1. The average Bonchev–Trinajstić information content (AvgIpc) is 1.76. The summed E-state index contributed by atoms with van der Waals surface area (Å²) < 4.78 is 5.18. The molecule has 0 atom stereocenters. The van der Waals surface area contributed by atoms with Crippen LogP contribution in [0.4, 0.5) is 0 Å². The van der Waals surface area contributed by atoms with Crippen LogP contribution in [-0.4, -0.2) is 90.4 Å². The summed E-state index contributed by atoms with van der Waals surface area (Å²) in [7, 11) is 0. The quantitative estimate of drug-likeness (QED) is 0.148. The monoisotopic (exact) mass is 1470 g/mol. The number of hydrogen-bond acceptors (Lipinski definition) is 20. The molecule has 0 aromatic carbocycles. The highest BCUT2D eigenvalue weighted by Crippen LogP contribution is 2.26. The Balaban J connectivity index is -0.0000000976. The van der Waals surface area contributed by atoms with Crippen molar-refractivity contribution in [2.45, 2.75) is 320 Å². The van der Waals surface area contributed by atoms with E-state index >= 15 is 0 Å². The molecule has 0 saturated heterocycles. The molecule has 10 aromatic heterocycles. The molecule has 1 N–H and O–H groups in total. The van der Waals surface area contributed by atoms with Crippen molar-refractivity contribution in [2.75, 3.05) is 0 Å². The highest BCUT2D eigenvalue weighted by Gasteiger charge is 2.13. The van der Waals surface area contributed by atoms with Crippen LogP contribution in [-0.2, 0) is 51.4 Å². The van der Waals surface area contributed by atoms with Crippen LogP contribution in [0.1, 0.15) is 305 Å². The van der Waals surface area contributed by atoms with Crippen LogP contribution in [0, 0.1) is 41.5 Å². The summed E-state index contributed by atoms with van der Waals surface area (Å²) in [5.41, 5.74) is 13.1. The Hall–Kier alpha value is -7.91. The Bertz CT molecular complexity index is 2400. The maximum absolute atomic E-state index is 5.18. The number of fused-ring (bicyclic) bond motifs is 4. The minimum atomic E-state index is 0. The number of aromatic nitrogens is 18. The summed E-state index contributed by atoms with van der Waals surface area (Å²) in [5.74, 6) is 2.68. The number of thiazole rings is 1. The molecule has 19 nitrogen and oxygen atoms in total. The molecule has 588 valence electrons. The van der Waals surface area contributed by atoms with Crippen molar-refractivity contribution in [2.24, 2.45) is 0 Å². The smallest absolute Gasteiger partial charge is 0.147 e. The minimum absolute atomic E-state index is 0. The van der Waals surface area contributed by atoms with E-state index in [4.69, 9.17) is 4.42 Å². The third-order valence-corrected chi connectivity index (χ3v) is 12.5. The molecule has 4 aliphatic rings. The highest BCUT2D eigenvalue weighted by molar-refractivity contribution is 7.10. The van der Waals surface area contributed by atoms with Gasteiger partial charge in [-0.05, 0) is 158 Å². The van der Waals surface area contributed by atoms with Crippen molar-refractivity contribution in [3.8, 4) is 0 Å². The number of aromatic amines is 1. The molecule has 0 spiro atoms. The first-order chi connectivity index (χ1) is 50.2. The van der Waals surface area contributed by atoms with Gasteiger partial charge < -0.3 is 9.40 Å². The van der Waals surface area contributed by atoms with E-state index in [0.29, 0.717) is 5.82 Å². The summed E-state index contributed by atoms with van der Waals surface area (Å²) in [6.07, 6.45) is 41.6. The summed E-state index contributed by atoms with van der Waals surface area (Å²) >= 11 is 3.71. The van der Waals surface area contributed by atoms with Crippen LogP contribution in [0.3, 0.4) is 0 Å². The fourth-order valence-electron chi connectivity index (χ4n) is 6.94. The number of hydrogen-bond donors (Lipinski definition) is 1. The summed E-state index contributed by atoms with van der Waals surface area (Å²) in [5, 5.41) is 23.6. The first-order valence-corrected chi connectivity index (χ1v) is 40.0. The van der Waals surface area contributed by atoms with Crippen molar-refractivity contribution in [3.05, 3.63) is 207 Å². The zero-order valence-electron chi connectivity index (χ0n) is 70.9. The molecule has 0 amide bonds. The van der Waals surface area contributed by atoms with Crippen LogP contribution in [0.5, 0.6) is 0 Å². The lowest BCUT2D eigenvalue weighted by molar-refractivity contribution is 0.515. The van der Waals surface area contributed by atoms with E-state index in [1.165, 1.54) is 135 Å². The van der Waals surface area contributed by atoms with Crippen LogP contribution in [0.15, 0.2) is 133 Å². The van der Waals surface area contributed by atoms with Gasteiger partial charge in [0.1, 0.15) is 49.0 Å². The second-order valence-electron chi connectivity index (χ2n) is 16.5. The molecule has 4 aliphatic carbocycles. The van der Waals surface area contributed by atoms with E-state index in [1.54, 1.807) is 90.7 Å². The number of nitrogens with zero attached hydrogens (tertiary/aromatic N) is 17. The van der Waals surface area contributed by atoms with E-state index in [1.807, 2.05) is 252 Å². The molecule has 0 bridgehead atoms. The van der Waals surface area contributed by atoms with E-state index in [2.05, 4.69) is 114 Å². The maximum atomic E-state index is 5.18. The molecule has 10 aromatic rings. The van der Waals surface area contributed by atoms with Crippen molar-refractivity contribution in [1.82, 2.24) is 90.4 Å². The van der Waals surface area contributed by atoms with Gasteiger partial charge in [-0.2, -0.15) is 15.3 Å². The lowest BCUT2D eigenvalue weighted by Gasteiger charge is -1.81. The van der Waals surface area contributed by atoms with Gasteiger partial charge in [-0.25, -0.2) is 44.9 Å². The molecule has 0 fully saturated rings. The first-order valence-electron chi connectivity index (χ1n) is 38.2. The van der Waals surface area contributed by atoms with Gasteiger partial charge in [0.25, 0.3) is 0 Å². The third kappa shape index (κ3) is 73.6. The van der Waals surface area contributed by atoms with Crippen molar-refractivity contribution in [1.29, 1.82) is 0 Å². The number of rotatable bonds is 0. The molecule has 103 heavy (non-hydrogen) atoms. The molecule has 0 unspecified atom stereocenters. The number of aryl methyl sites for hydroxylation is 14. The van der Waals surface area contributed by atoms with Gasteiger partial charge in [0.2, 0.25) is 0 Å². The normalized spacial score (nSPS) is 9.50. The molecule has 0 radical (unpaired) electrons. The zero-order chi connectivity index (χ0) is 80.3. The van der Waals surface area contributed by atoms with E-state index in [9.17, 15) is 0 Å². The van der Waals surface area contributed by atoms with Crippen molar-refractivity contribution in [3.63, 3.8) is 0 Å². The second kappa shape index (κ2) is 105. The van der Waals surface area contributed by atoms with Crippen LogP contribution < -0.4 is 0 Å². The first kappa shape index (κ1) is 119. The van der Waals surface area contributed by atoms with E-state index in [0.717, 1.165) is 34.9 Å². The van der Waals surface area contributed by atoms with Gasteiger partial charge in [0.15, 0.2) is 0 Å². The fourth-order valence-corrected chi connectivity index (χ4v) is 8.78.